The van der Waals surface area contributed by atoms with Crippen molar-refractivity contribution in [3.05, 3.63) is 0 Å². The summed E-state index contributed by atoms with van der Waals surface area (Å²) in [4.78, 5) is 25.0. The molecule has 1 saturated heterocycles. The number of carboxylic acid groups (broad SMARTS) is 1. The molecule has 0 aliphatic carbocycles. The first-order valence-electron chi connectivity index (χ1n) is 7.33. The van der Waals surface area contributed by atoms with E-state index in [1.165, 1.54) is 4.90 Å². The number of aliphatic carboxylic acids is 1. The van der Waals surface area contributed by atoms with Crippen LogP contribution in [0.5, 0.6) is 0 Å². The second-order valence-electron chi connectivity index (χ2n) is 5.31. The molecule has 0 radical (unpaired) electrons. The number of nitrogens with one attached hydrogen (secondary N) is 1. The number of piperidine rings is 1. The van der Waals surface area contributed by atoms with Gasteiger partial charge in [0.2, 0.25) is 0 Å². The number of amides is 2. The minimum atomic E-state index is -0.891. The summed E-state index contributed by atoms with van der Waals surface area (Å²) in [6.45, 7) is 6.66. The Bertz CT molecular complexity index is 316. The van der Waals surface area contributed by atoms with Crippen LogP contribution in [-0.4, -0.2) is 40.6 Å². The molecule has 1 rings (SSSR count). The van der Waals surface area contributed by atoms with Gasteiger partial charge >= 0.3 is 12.0 Å². The number of likely N-dealkylation sites (tertiary alicyclic amines) is 1. The van der Waals surface area contributed by atoms with Crippen LogP contribution in [0.15, 0.2) is 0 Å². The molecule has 1 fully saturated rings. The average Bonchev–Trinajstić information content (AvgIpc) is 2.43. The molecule has 2 N–H and O–H groups in total. The van der Waals surface area contributed by atoms with Gasteiger partial charge in [-0.1, -0.05) is 27.2 Å². The van der Waals surface area contributed by atoms with Crippen LogP contribution in [-0.2, 0) is 4.79 Å². The van der Waals surface area contributed by atoms with Crippen LogP contribution in [0.4, 0.5) is 4.79 Å². The highest BCUT2D eigenvalue weighted by Crippen LogP contribution is 2.25. The van der Waals surface area contributed by atoms with Crippen LogP contribution in [0.1, 0.15) is 52.9 Å². The molecular weight excluding hydrogens is 244 g/mol. The number of carbonyl (C=O) groups is 2. The number of nitrogens with zero attached hydrogens (tertiary/aromatic N) is 1. The number of hydrogen-bond acceptors (Lipinski definition) is 2. The van der Waals surface area contributed by atoms with E-state index < -0.39 is 12.0 Å². The first-order chi connectivity index (χ1) is 9.03. The third-order valence-corrected chi connectivity index (χ3v) is 4.15. The van der Waals surface area contributed by atoms with E-state index >= 15 is 0 Å². The molecule has 0 saturated carbocycles. The summed E-state index contributed by atoms with van der Waals surface area (Å²) < 4.78 is 0. The topological polar surface area (TPSA) is 69.6 Å². The molecule has 110 valence electrons. The molecule has 19 heavy (non-hydrogen) atoms. The Morgan fingerprint density at radius 1 is 1.32 bits per heavy atom. The van der Waals surface area contributed by atoms with Gasteiger partial charge in [-0.3, -0.25) is 0 Å². The average molecular weight is 270 g/mol. The monoisotopic (exact) mass is 270 g/mol. The number of hydrogen-bond donors (Lipinski definition) is 2. The van der Waals surface area contributed by atoms with Crippen LogP contribution in [0.2, 0.25) is 0 Å². The Balaban J connectivity index is 2.68. The zero-order valence-corrected chi connectivity index (χ0v) is 12.2. The SMILES string of the molecule is CCC1CCN(C(=O)NC(CC)CC)C(C(=O)O)C1. The van der Waals surface area contributed by atoms with Gasteiger partial charge in [-0.25, -0.2) is 9.59 Å². The zero-order valence-electron chi connectivity index (χ0n) is 12.2. The van der Waals surface area contributed by atoms with Crippen LogP contribution in [0, 0.1) is 5.92 Å². The molecule has 0 bridgehead atoms. The van der Waals surface area contributed by atoms with Gasteiger partial charge in [-0.15, -0.1) is 0 Å². The summed E-state index contributed by atoms with van der Waals surface area (Å²) in [6.07, 6.45) is 4.18. The van der Waals surface area contributed by atoms with Crippen LogP contribution < -0.4 is 5.32 Å². The highest BCUT2D eigenvalue weighted by Gasteiger charge is 2.35. The lowest BCUT2D eigenvalue weighted by molar-refractivity contribution is -0.144. The first kappa shape index (κ1) is 15.8. The molecule has 2 unspecified atom stereocenters. The number of urea groups is 1. The second-order valence-corrected chi connectivity index (χ2v) is 5.31. The molecule has 1 aliphatic rings. The van der Waals surface area contributed by atoms with Gasteiger partial charge in [-0.2, -0.15) is 0 Å². The van der Waals surface area contributed by atoms with Crippen LogP contribution in [0.3, 0.4) is 0 Å². The summed E-state index contributed by atoms with van der Waals surface area (Å²) in [5.74, 6) is -0.476. The highest BCUT2D eigenvalue weighted by molar-refractivity contribution is 5.83. The summed E-state index contributed by atoms with van der Waals surface area (Å²) in [6, 6.07) is -0.769. The molecule has 2 atom stereocenters. The fourth-order valence-corrected chi connectivity index (χ4v) is 2.64. The minimum absolute atomic E-state index is 0.130. The maximum absolute atomic E-state index is 12.2. The smallest absolute Gasteiger partial charge is 0.326 e. The molecule has 1 aliphatic heterocycles. The van der Waals surface area contributed by atoms with E-state index in [0.717, 1.165) is 25.7 Å². The fraction of sp³-hybridized carbons (Fsp3) is 0.857. The van der Waals surface area contributed by atoms with Crippen molar-refractivity contribution in [1.82, 2.24) is 10.2 Å². The minimum Gasteiger partial charge on any atom is -0.480 e. The number of rotatable bonds is 5. The van der Waals surface area contributed by atoms with E-state index in [2.05, 4.69) is 12.2 Å². The van der Waals surface area contributed by atoms with Crippen molar-refractivity contribution >= 4 is 12.0 Å². The lowest BCUT2D eigenvalue weighted by Gasteiger charge is -2.37. The van der Waals surface area contributed by atoms with Crippen molar-refractivity contribution in [2.75, 3.05) is 6.54 Å². The second kappa shape index (κ2) is 7.36. The molecule has 0 aromatic heterocycles. The van der Waals surface area contributed by atoms with Crippen molar-refractivity contribution in [3.8, 4) is 0 Å². The Kier molecular flexibility index (Phi) is 6.12. The normalized spacial score (nSPS) is 23.5. The van der Waals surface area contributed by atoms with Crippen LogP contribution in [0.25, 0.3) is 0 Å². The molecular formula is C14H26N2O3. The molecule has 0 aromatic carbocycles. The lowest BCUT2D eigenvalue weighted by Crippen LogP contribution is -2.55. The van der Waals surface area contributed by atoms with Crippen LogP contribution >= 0.6 is 0 Å². The van der Waals surface area contributed by atoms with E-state index in [4.69, 9.17) is 0 Å². The summed E-state index contributed by atoms with van der Waals surface area (Å²) in [7, 11) is 0. The molecule has 0 spiro atoms. The van der Waals surface area contributed by atoms with Gasteiger partial charge in [0.1, 0.15) is 6.04 Å². The zero-order chi connectivity index (χ0) is 14.4. The van der Waals surface area contributed by atoms with Crippen molar-refractivity contribution in [2.45, 2.75) is 65.0 Å². The van der Waals surface area contributed by atoms with Gasteiger partial charge in [0.05, 0.1) is 0 Å². The van der Waals surface area contributed by atoms with E-state index in [0.29, 0.717) is 18.9 Å². The first-order valence-corrected chi connectivity index (χ1v) is 7.33. The van der Waals surface area contributed by atoms with E-state index in [1.54, 1.807) is 0 Å². The van der Waals surface area contributed by atoms with Gasteiger partial charge in [-0.05, 0) is 31.6 Å². The van der Waals surface area contributed by atoms with Gasteiger partial charge in [0.15, 0.2) is 0 Å². The number of carboxylic acids is 1. The fourth-order valence-electron chi connectivity index (χ4n) is 2.64. The van der Waals surface area contributed by atoms with Crippen molar-refractivity contribution in [2.24, 2.45) is 5.92 Å². The molecule has 5 heteroatoms. The van der Waals surface area contributed by atoms with Gasteiger partial charge < -0.3 is 15.3 Å². The van der Waals surface area contributed by atoms with Crippen molar-refractivity contribution in [1.29, 1.82) is 0 Å². The lowest BCUT2D eigenvalue weighted by atomic mass is 9.89. The standard InChI is InChI=1S/C14H26N2O3/c1-4-10-7-8-16(12(9-10)13(17)18)14(19)15-11(5-2)6-3/h10-12H,4-9H2,1-3H3,(H,15,19)(H,17,18). The van der Waals surface area contributed by atoms with E-state index in [-0.39, 0.29) is 12.1 Å². The van der Waals surface area contributed by atoms with E-state index in [1.807, 2.05) is 13.8 Å². The maximum Gasteiger partial charge on any atom is 0.326 e. The largest absolute Gasteiger partial charge is 0.480 e. The highest BCUT2D eigenvalue weighted by atomic mass is 16.4. The summed E-state index contributed by atoms with van der Waals surface area (Å²) in [5.41, 5.74) is 0. The van der Waals surface area contributed by atoms with Gasteiger partial charge in [0, 0.05) is 12.6 Å². The summed E-state index contributed by atoms with van der Waals surface area (Å²) >= 11 is 0. The molecule has 5 nitrogen and oxygen atoms in total. The van der Waals surface area contributed by atoms with Gasteiger partial charge in [0.25, 0.3) is 0 Å². The third-order valence-electron chi connectivity index (χ3n) is 4.15. The Labute approximate surface area is 115 Å². The predicted molar refractivity (Wildman–Crippen MR) is 74.0 cm³/mol. The molecule has 0 aromatic rings. The third kappa shape index (κ3) is 4.11. The Hall–Kier alpha value is -1.26. The Morgan fingerprint density at radius 3 is 2.42 bits per heavy atom. The maximum atomic E-state index is 12.2. The quantitative estimate of drug-likeness (QED) is 0.806. The predicted octanol–water partition coefficient (Wildman–Crippen LogP) is 2.46. The van der Waals surface area contributed by atoms with E-state index in [9.17, 15) is 14.7 Å². The van der Waals surface area contributed by atoms with Crippen molar-refractivity contribution in [3.63, 3.8) is 0 Å². The van der Waals surface area contributed by atoms with Crippen molar-refractivity contribution < 1.29 is 14.7 Å². The molecule has 2 amide bonds. The Morgan fingerprint density at radius 2 is 1.95 bits per heavy atom. The summed E-state index contributed by atoms with van der Waals surface area (Å²) in [5, 5.41) is 12.2. The number of carbonyl (C=O) groups excluding carboxylic acids is 1. The molecule has 1 heterocycles.